The Balaban J connectivity index is 0. The molecule has 1 heterocycles. The Labute approximate surface area is 108 Å². The van der Waals surface area contributed by atoms with Crippen LogP contribution in [0.1, 0.15) is 80.6 Å². The van der Waals surface area contributed by atoms with E-state index in [1.165, 1.54) is 12.8 Å². The molecule has 1 rings (SSSR count). The molecule has 0 bridgehead atoms. The fourth-order valence-corrected chi connectivity index (χ4v) is 1.57. The molecule has 17 heavy (non-hydrogen) atoms. The van der Waals surface area contributed by atoms with E-state index in [1.54, 1.807) is 0 Å². The summed E-state index contributed by atoms with van der Waals surface area (Å²) in [7, 11) is 0. The minimum Gasteiger partial charge on any atom is -0.459 e. The van der Waals surface area contributed by atoms with Crippen LogP contribution < -0.4 is 0 Å². The van der Waals surface area contributed by atoms with Crippen LogP contribution >= 0.6 is 0 Å². The summed E-state index contributed by atoms with van der Waals surface area (Å²) in [6.45, 7) is 14.8. The van der Waals surface area contributed by atoms with Crippen molar-refractivity contribution in [3.05, 3.63) is 0 Å². The number of hydrogen-bond donors (Lipinski definition) is 0. The van der Waals surface area contributed by atoms with Crippen molar-refractivity contribution >= 4 is 5.97 Å². The predicted molar refractivity (Wildman–Crippen MR) is 75.1 cm³/mol. The van der Waals surface area contributed by atoms with Crippen molar-refractivity contribution in [1.82, 2.24) is 0 Å². The summed E-state index contributed by atoms with van der Waals surface area (Å²) in [5.74, 6) is 0.856. The molecule has 0 unspecified atom stereocenters. The van der Waals surface area contributed by atoms with Gasteiger partial charge >= 0.3 is 5.97 Å². The number of cyclic esters (lactones) is 1. The molecule has 0 aromatic carbocycles. The molecule has 2 nitrogen and oxygen atoms in total. The highest BCUT2D eigenvalue weighted by atomic mass is 16.6. The SMILES string of the molecule is CC.CCCC(C)C.CC[C@]1(C)CCC(=O)O1. The van der Waals surface area contributed by atoms with Crippen LogP contribution in [0.15, 0.2) is 0 Å². The lowest BCUT2D eigenvalue weighted by Crippen LogP contribution is -2.21. The molecule has 0 aliphatic carbocycles. The average molecular weight is 244 g/mol. The highest BCUT2D eigenvalue weighted by Crippen LogP contribution is 2.28. The maximum absolute atomic E-state index is 10.6. The quantitative estimate of drug-likeness (QED) is 0.656. The van der Waals surface area contributed by atoms with Crippen molar-refractivity contribution in [2.75, 3.05) is 0 Å². The van der Waals surface area contributed by atoms with Crippen LogP contribution in [0.5, 0.6) is 0 Å². The summed E-state index contributed by atoms with van der Waals surface area (Å²) in [5.41, 5.74) is -0.142. The van der Waals surface area contributed by atoms with Gasteiger partial charge in [0.05, 0.1) is 0 Å². The van der Waals surface area contributed by atoms with Gasteiger partial charge in [-0.25, -0.2) is 0 Å². The van der Waals surface area contributed by atoms with Crippen LogP contribution in [0, 0.1) is 5.92 Å². The highest BCUT2D eigenvalue weighted by Gasteiger charge is 2.33. The monoisotopic (exact) mass is 244 g/mol. The van der Waals surface area contributed by atoms with Crippen LogP contribution in [0.3, 0.4) is 0 Å². The molecule has 1 fully saturated rings. The average Bonchev–Trinajstić information content (AvgIpc) is 2.63. The van der Waals surface area contributed by atoms with E-state index in [9.17, 15) is 4.79 Å². The zero-order valence-corrected chi connectivity index (χ0v) is 12.9. The van der Waals surface area contributed by atoms with Crippen LogP contribution in [0.25, 0.3) is 0 Å². The van der Waals surface area contributed by atoms with Crippen molar-refractivity contribution in [3.63, 3.8) is 0 Å². The summed E-state index contributed by atoms with van der Waals surface area (Å²) < 4.78 is 5.06. The van der Waals surface area contributed by atoms with Gasteiger partial charge in [0.25, 0.3) is 0 Å². The molecular weight excluding hydrogens is 212 g/mol. The molecule has 1 aliphatic rings. The molecule has 0 spiro atoms. The zero-order chi connectivity index (χ0) is 13.9. The van der Waals surface area contributed by atoms with E-state index in [0.29, 0.717) is 6.42 Å². The molecule has 0 aromatic heterocycles. The molecule has 1 aliphatic heterocycles. The van der Waals surface area contributed by atoms with Crippen molar-refractivity contribution in [2.45, 2.75) is 86.2 Å². The molecule has 1 saturated heterocycles. The van der Waals surface area contributed by atoms with Crippen LogP contribution in [0.4, 0.5) is 0 Å². The Hall–Kier alpha value is -0.530. The van der Waals surface area contributed by atoms with Crippen LogP contribution in [0.2, 0.25) is 0 Å². The number of carbonyl (C=O) groups is 1. The Morgan fingerprint density at radius 3 is 1.94 bits per heavy atom. The van der Waals surface area contributed by atoms with E-state index in [-0.39, 0.29) is 11.6 Å². The first-order valence-electron chi connectivity index (χ1n) is 7.15. The standard InChI is InChI=1S/C7H12O2.C6H14.C2H6/c1-3-7(2)5-4-6(8)9-7;1-4-5-6(2)3;1-2/h3-5H2,1-2H3;6H,4-5H2,1-3H3;1-2H3/t7-;;/m1../s1. The fourth-order valence-electron chi connectivity index (χ4n) is 1.57. The van der Waals surface area contributed by atoms with Gasteiger partial charge in [-0.05, 0) is 25.7 Å². The number of carbonyl (C=O) groups excluding carboxylic acids is 1. The van der Waals surface area contributed by atoms with Crippen LogP contribution in [-0.4, -0.2) is 11.6 Å². The molecular formula is C15H32O2. The Bertz CT molecular complexity index is 187. The van der Waals surface area contributed by atoms with E-state index in [4.69, 9.17) is 4.74 Å². The van der Waals surface area contributed by atoms with Crippen molar-refractivity contribution in [1.29, 1.82) is 0 Å². The number of rotatable bonds is 3. The first kappa shape index (κ1) is 18.8. The first-order chi connectivity index (χ1) is 7.93. The number of ether oxygens (including phenoxy) is 1. The third-order valence-corrected chi connectivity index (χ3v) is 2.83. The second-order valence-corrected chi connectivity index (χ2v) is 4.96. The topological polar surface area (TPSA) is 26.3 Å². The molecule has 0 N–H and O–H groups in total. The zero-order valence-electron chi connectivity index (χ0n) is 12.9. The molecule has 0 radical (unpaired) electrons. The van der Waals surface area contributed by atoms with E-state index < -0.39 is 0 Å². The van der Waals surface area contributed by atoms with Gasteiger partial charge in [0.15, 0.2) is 0 Å². The Kier molecular flexibility index (Phi) is 11.8. The molecule has 0 saturated carbocycles. The first-order valence-corrected chi connectivity index (χ1v) is 7.15. The number of hydrogen-bond acceptors (Lipinski definition) is 2. The van der Waals surface area contributed by atoms with E-state index in [1.807, 2.05) is 27.7 Å². The van der Waals surface area contributed by atoms with E-state index in [0.717, 1.165) is 18.8 Å². The van der Waals surface area contributed by atoms with Gasteiger partial charge in [0.2, 0.25) is 0 Å². The van der Waals surface area contributed by atoms with Gasteiger partial charge in [-0.15, -0.1) is 0 Å². The van der Waals surface area contributed by atoms with E-state index in [2.05, 4.69) is 20.8 Å². The molecule has 1 atom stereocenters. The van der Waals surface area contributed by atoms with Gasteiger partial charge in [-0.3, -0.25) is 4.79 Å². The molecule has 0 amide bonds. The van der Waals surface area contributed by atoms with E-state index >= 15 is 0 Å². The highest BCUT2D eigenvalue weighted by molar-refractivity contribution is 5.72. The second kappa shape index (κ2) is 10.6. The third-order valence-electron chi connectivity index (χ3n) is 2.83. The minimum absolute atomic E-state index is 0.0423. The minimum atomic E-state index is -0.142. The summed E-state index contributed by atoms with van der Waals surface area (Å²) in [6, 6.07) is 0. The lowest BCUT2D eigenvalue weighted by molar-refractivity contribution is -0.147. The molecule has 104 valence electrons. The summed E-state index contributed by atoms with van der Waals surface area (Å²) in [5, 5.41) is 0. The fraction of sp³-hybridized carbons (Fsp3) is 0.933. The van der Waals surface area contributed by atoms with Gasteiger partial charge in [-0.2, -0.15) is 0 Å². The summed E-state index contributed by atoms with van der Waals surface area (Å²) in [6.07, 6.45) is 5.13. The second-order valence-electron chi connectivity index (χ2n) is 4.96. The van der Waals surface area contributed by atoms with Crippen molar-refractivity contribution < 1.29 is 9.53 Å². The van der Waals surface area contributed by atoms with Gasteiger partial charge < -0.3 is 4.74 Å². The number of esters is 1. The normalized spacial score (nSPS) is 22.2. The third kappa shape index (κ3) is 10.3. The predicted octanol–water partition coefficient (Wildman–Crippen LogP) is 4.96. The Morgan fingerprint density at radius 2 is 1.82 bits per heavy atom. The summed E-state index contributed by atoms with van der Waals surface area (Å²) >= 11 is 0. The lowest BCUT2D eigenvalue weighted by Gasteiger charge is -2.19. The molecule has 2 heteroatoms. The lowest BCUT2D eigenvalue weighted by atomic mass is 10.0. The van der Waals surface area contributed by atoms with Gasteiger partial charge in [0, 0.05) is 6.42 Å². The maximum Gasteiger partial charge on any atom is 0.306 e. The van der Waals surface area contributed by atoms with Crippen LogP contribution in [-0.2, 0) is 9.53 Å². The Morgan fingerprint density at radius 1 is 1.29 bits per heavy atom. The van der Waals surface area contributed by atoms with Crippen molar-refractivity contribution in [2.24, 2.45) is 5.92 Å². The van der Waals surface area contributed by atoms with Gasteiger partial charge in [0.1, 0.15) is 5.60 Å². The summed E-state index contributed by atoms with van der Waals surface area (Å²) in [4.78, 5) is 10.6. The molecule has 0 aromatic rings. The van der Waals surface area contributed by atoms with Gasteiger partial charge in [-0.1, -0.05) is 54.4 Å². The maximum atomic E-state index is 10.6. The smallest absolute Gasteiger partial charge is 0.306 e. The van der Waals surface area contributed by atoms with Crippen molar-refractivity contribution in [3.8, 4) is 0 Å². The largest absolute Gasteiger partial charge is 0.459 e.